The summed E-state index contributed by atoms with van der Waals surface area (Å²) < 4.78 is 0. The molecule has 4 fully saturated rings. The van der Waals surface area contributed by atoms with E-state index in [9.17, 15) is 0 Å². The standard InChI is InChI=1S/C15H30N6/c1-2-4-10(5-3-1)20-15-13-11(18-9-19-15)8-12-14(21-13)17-7-6-16-12/h10-21H,1-9H2. The van der Waals surface area contributed by atoms with Gasteiger partial charge in [0.25, 0.3) is 0 Å². The molecule has 6 heteroatoms. The van der Waals surface area contributed by atoms with Gasteiger partial charge in [-0.3, -0.25) is 26.6 Å². The average Bonchev–Trinajstić information content (AvgIpc) is 2.54. The van der Waals surface area contributed by atoms with Crippen molar-refractivity contribution in [2.45, 2.75) is 75.0 Å². The lowest BCUT2D eigenvalue weighted by Gasteiger charge is -2.51. The molecule has 5 atom stereocenters. The second-order valence-electron chi connectivity index (χ2n) is 7.09. The van der Waals surface area contributed by atoms with Crippen LogP contribution in [-0.2, 0) is 0 Å². The highest BCUT2D eigenvalue weighted by molar-refractivity contribution is 5.05. The van der Waals surface area contributed by atoms with Gasteiger partial charge in [-0.05, 0) is 19.3 Å². The van der Waals surface area contributed by atoms with Gasteiger partial charge < -0.3 is 5.32 Å². The molecular formula is C15H30N6. The topological polar surface area (TPSA) is 72.2 Å². The summed E-state index contributed by atoms with van der Waals surface area (Å²) in [4.78, 5) is 0. The van der Waals surface area contributed by atoms with Crippen LogP contribution in [0, 0.1) is 0 Å². The molecule has 3 saturated heterocycles. The predicted molar refractivity (Wildman–Crippen MR) is 83.8 cm³/mol. The Morgan fingerprint density at radius 2 is 1.67 bits per heavy atom. The van der Waals surface area contributed by atoms with E-state index < -0.39 is 0 Å². The Balaban J connectivity index is 1.40. The first-order valence-electron chi connectivity index (χ1n) is 8.86. The number of hydrogen-bond acceptors (Lipinski definition) is 6. The van der Waals surface area contributed by atoms with Crippen molar-refractivity contribution in [1.29, 1.82) is 0 Å². The third kappa shape index (κ3) is 3.11. The highest BCUT2D eigenvalue weighted by atomic mass is 15.3. The Hall–Kier alpha value is -0.240. The molecule has 120 valence electrons. The average molecular weight is 294 g/mol. The summed E-state index contributed by atoms with van der Waals surface area (Å²) in [5.74, 6) is 0. The van der Waals surface area contributed by atoms with E-state index in [2.05, 4.69) is 31.9 Å². The van der Waals surface area contributed by atoms with E-state index in [1.807, 2.05) is 0 Å². The van der Waals surface area contributed by atoms with E-state index in [0.717, 1.165) is 19.8 Å². The van der Waals surface area contributed by atoms with Gasteiger partial charge in [0.05, 0.1) is 18.4 Å². The Labute approximate surface area is 127 Å². The zero-order valence-corrected chi connectivity index (χ0v) is 12.8. The summed E-state index contributed by atoms with van der Waals surface area (Å²) in [6.45, 7) is 3.06. The van der Waals surface area contributed by atoms with Crippen LogP contribution >= 0.6 is 0 Å². The van der Waals surface area contributed by atoms with Crippen molar-refractivity contribution in [3.05, 3.63) is 0 Å². The Kier molecular flexibility index (Phi) is 4.43. The van der Waals surface area contributed by atoms with Gasteiger partial charge in [-0.15, -0.1) is 0 Å². The summed E-state index contributed by atoms with van der Waals surface area (Å²) in [5, 5.41) is 22.3. The Bertz CT molecular complexity index is 345. The Morgan fingerprint density at radius 1 is 0.810 bits per heavy atom. The summed E-state index contributed by atoms with van der Waals surface area (Å²) in [7, 11) is 0. The number of piperazine rings is 1. The molecule has 1 saturated carbocycles. The maximum Gasteiger partial charge on any atom is 0.0758 e. The van der Waals surface area contributed by atoms with Crippen LogP contribution in [0.1, 0.15) is 38.5 Å². The molecule has 6 nitrogen and oxygen atoms in total. The molecular weight excluding hydrogens is 264 g/mol. The fraction of sp³-hybridized carbons (Fsp3) is 1.00. The lowest BCUT2D eigenvalue weighted by Crippen LogP contribution is -2.79. The molecule has 0 aromatic rings. The lowest BCUT2D eigenvalue weighted by molar-refractivity contribution is 0.0926. The zero-order chi connectivity index (χ0) is 14.1. The summed E-state index contributed by atoms with van der Waals surface area (Å²) in [5.41, 5.74) is 0. The normalized spacial score (nSPS) is 44.9. The maximum atomic E-state index is 3.89. The van der Waals surface area contributed by atoms with E-state index in [1.165, 1.54) is 38.5 Å². The van der Waals surface area contributed by atoms with Crippen LogP contribution < -0.4 is 31.9 Å². The third-order valence-corrected chi connectivity index (χ3v) is 5.68. The highest BCUT2D eigenvalue weighted by Crippen LogP contribution is 2.22. The molecule has 0 bridgehead atoms. The molecule has 6 N–H and O–H groups in total. The van der Waals surface area contributed by atoms with Crippen LogP contribution in [0.5, 0.6) is 0 Å². The van der Waals surface area contributed by atoms with Crippen molar-refractivity contribution in [3.63, 3.8) is 0 Å². The number of rotatable bonds is 2. The number of piperidine rings is 1. The maximum absolute atomic E-state index is 3.89. The van der Waals surface area contributed by atoms with Gasteiger partial charge in [-0.25, -0.2) is 0 Å². The number of fused-ring (bicyclic) bond motifs is 2. The van der Waals surface area contributed by atoms with Crippen molar-refractivity contribution < 1.29 is 0 Å². The minimum absolute atomic E-state index is 0.393. The molecule has 3 aliphatic heterocycles. The molecule has 0 spiro atoms. The van der Waals surface area contributed by atoms with Gasteiger partial charge >= 0.3 is 0 Å². The lowest BCUT2D eigenvalue weighted by atomic mass is 9.87. The smallest absolute Gasteiger partial charge is 0.0758 e. The van der Waals surface area contributed by atoms with E-state index in [-0.39, 0.29) is 0 Å². The van der Waals surface area contributed by atoms with Crippen molar-refractivity contribution in [1.82, 2.24) is 31.9 Å². The van der Waals surface area contributed by atoms with Crippen molar-refractivity contribution >= 4 is 0 Å². The summed E-state index contributed by atoms with van der Waals surface area (Å²) in [6, 6.07) is 2.28. The fourth-order valence-corrected chi connectivity index (χ4v) is 4.54. The molecule has 0 aromatic carbocycles. The van der Waals surface area contributed by atoms with Crippen LogP contribution in [-0.4, -0.2) is 56.3 Å². The van der Waals surface area contributed by atoms with Crippen LogP contribution in [0.3, 0.4) is 0 Å². The van der Waals surface area contributed by atoms with E-state index in [0.29, 0.717) is 36.5 Å². The number of hydrogen-bond donors (Lipinski definition) is 6. The van der Waals surface area contributed by atoms with Gasteiger partial charge in [0.2, 0.25) is 0 Å². The fourth-order valence-electron chi connectivity index (χ4n) is 4.54. The third-order valence-electron chi connectivity index (χ3n) is 5.68. The largest absolute Gasteiger partial charge is 0.310 e. The van der Waals surface area contributed by atoms with Crippen molar-refractivity contribution in [3.8, 4) is 0 Å². The second-order valence-corrected chi connectivity index (χ2v) is 7.09. The van der Waals surface area contributed by atoms with Crippen molar-refractivity contribution in [2.75, 3.05) is 19.8 Å². The van der Waals surface area contributed by atoms with Crippen LogP contribution in [0.25, 0.3) is 0 Å². The first-order valence-corrected chi connectivity index (χ1v) is 8.86. The molecule has 4 aliphatic rings. The number of nitrogens with one attached hydrogen (secondary N) is 6. The summed E-state index contributed by atoms with van der Waals surface area (Å²) in [6.07, 6.45) is 8.90. The quantitative estimate of drug-likeness (QED) is 0.393. The monoisotopic (exact) mass is 294 g/mol. The molecule has 3 heterocycles. The molecule has 21 heavy (non-hydrogen) atoms. The van der Waals surface area contributed by atoms with Gasteiger partial charge in [0, 0.05) is 37.9 Å². The van der Waals surface area contributed by atoms with E-state index in [1.54, 1.807) is 0 Å². The highest BCUT2D eigenvalue weighted by Gasteiger charge is 2.43. The second kappa shape index (κ2) is 6.48. The van der Waals surface area contributed by atoms with Gasteiger partial charge in [-0.2, -0.15) is 0 Å². The van der Waals surface area contributed by atoms with E-state index >= 15 is 0 Å². The van der Waals surface area contributed by atoms with Gasteiger partial charge in [0.15, 0.2) is 0 Å². The van der Waals surface area contributed by atoms with Gasteiger partial charge in [-0.1, -0.05) is 19.3 Å². The SMILES string of the molecule is C1CCC(NC2NCNC3CC4NCCNC4NC32)CC1. The van der Waals surface area contributed by atoms with Crippen molar-refractivity contribution in [2.24, 2.45) is 0 Å². The molecule has 5 unspecified atom stereocenters. The molecule has 0 amide bonds. The van der Waals surface area contributed by atoms with Crippen LogP contribution in [0.2, 0.25) is 0 Å². The minimum atomic E-state index is 0.393. The molecule has 1 aliphatic carbocycles. The van der Waals surface area contributed by atoms with E-state index in [4.69, 9.17) is 0 Å². The minimum Gasteiger partial charge on any atom is -0.310 e. The molecule has 0 radical (unpaired) electrons. The Morgan fingerprint density at radius 3 is 2.57 bits per heavy atom. The first-order chi connectivity index (χ1) is 10.4. The molecule has 4 rings (SSSR count). The predicted octanol–water partition coefficient (Wildman–Crippen LogP) is -0.997. The summed E-state index contributed by atoms with van der Waals surface area (Å²) >= 11 is 0. The van der Waals surface area contributed by atoms with Crippen LogP contribution in [0.4, 0.5) is 0 Å². The van der Waals surface area contributed by atoms with Crippen LogP contribution in [0.15, 0.2) is 0 Å². The van der Waals surface area contributed by atoms with Gasteiger partial charge in [0.1, 0.15) is 0 Å². The molecule has 0 aromatic heterocycles. The zero-order valence-electron chi connectivity index (χ0n) is 12.8. The first kappa shape index (κ1) is 14.4.